The number of amides is 1. The van der Waals surface area contributed by atoms with Crippen LogP contribution < -0.4 is 10.6 Å². The lowest BCUT2D eigenvalue weighted by Gasteiger charge is -2.15. The molecule has 8 nitrogen and oxygen atoms in total. The standard InChI is InChI=1S/C26H29N3O5/c1-16-23(28-26(32)33-17(2)20-6-4-3-5-7-20)24(34-29-16)21-12-10-19(11-13-21)15-27-22(25(30)31)14-18-8-9-18/h3-7,10-13,17-18,22,27H,8-9,14-15H2,1-2H3,(H,28,32)(H,30,31)/t17-,22?/m1/s1. The number of hydrogen-bond donors (Lipinski definition) is 3. The molecule has 1 amide bonds. The van der Waals surface area contributed by atoms with Crippen LogP contribution in [-0.2, 0) is 16.1 Å². The van der Waals surface area contributed by atoms with Gasteiger partial charge in [0, 0.05) is 12.1 Å². The molecule has 3 N–H and O–H groups in total. The summed E-state index contributed by atoms with van der Waals surface area (Å²) in [6.07, 6.45) is 1.89. The highest BCUT2D eigenvalue weighted by Gasteiger charge is 2.28. The molecule has 2 atom stereocenters. The molecule has 1 aliphatic rings. The van der Waals surface area contributed by atoms with Gasteiger partial charge in [0.05, 0.1) is 0 Å². The van der Waals surface area contributed by atoms with Gasteiger partial charge in [-0.25, -0.2) is 4.79 Å². The number of carbonyl (C=O) groups is 2. The second kappa shape index (κ2) is 10.5. The van der Waals surface area contributed by atoms with Crippen molar-refractivity contribution in [3.05, 3.63) is 71.4 Å². The Balaban J connectivity index is 1.39. The van der Waals surface area contributed by atoms with Gasteiger partial charge in [-0.15, -0.1) is 0 Å². The molecule has 1 heterocycles. The Kier molecular flexibility index (Phi) is 7.27. The molecule has 1 aromatic heterocycles. The van der Waals surface area contributed by atoms with Gasteiger partial charge in [-0.1, -0.05) is 72.6 Å². The fourth-order valence-electron chi connectivity index (χ4n) is 3.77. The monoisotopic (exact) mass is 463 g/mol. The molecule has 8 heteroatoms. The van der Waals surface area contributed by atoms with Crippen LogP contribution in [0.2, 0.25) is 0 Å². The van der Waals surface area contributed by atoms with Crippen molar-refractivity contribution in [2.24, 2.45) is 5.92 Å². The summed E-state index contributed by atoms with van der Waals surface area (Å²) in [5.74, 6) is 0.141. The predicted molar refractivity (Wildman–Crippen MR) is 127 cm³/mol. The van der Waals surface area contributed by atoms with Crippen LogP contribution in [0.5, 0.6) is 0 Å². The van der Waals surface area contributed by atoms with Gasteiger partial charge < -0.3 is 19.7 Å². The highest BCUT2D eigenvalue weighted by Crippen LogP contribution is 2.34. The van der Waals surface area contributed by atoms with Crippen LogP contribution >= 0.6 is 0 Å². The number of anilines is 1. The Morgan fingerprint density at radius 1 is 1.15 bits per heavy atom. The number of carboxylic acid groups (broad SMARTS) is 1. The maximum Gasteiger partial charge on any atom is 0.412 e. The van der Waals surface area contributed by atoms with Gasteiger partial charge in [-0.2, -0.15) is 0 Å². The molecular formula is C26H29N3O5. The molecule has 3 aromatic rings. The number of nitrogens with zero attached hydrogens (tertiary/aromatic N) is 1. The van der Waals surface area contributed by atoms with Crippen LogP contribution in [0.1, 0.15) is 49.1 Å². The number of aliphatic carboxylic acids is 1. The van der Waals surface area contributed by atoms with E-state index in [2.05, 4.69) is 15.8 Å². The minimum absolute atomic E-state index is 0.411. The first-order chi connectivity index (χ1) is 16.4. The summed E-state index contributed by atoms with van der Waals surface area (Å²) in [4.78, 5) is 24.0. The Hall–Kier alpha value is -3.65. The molecule has 178 valence electrons. The summed E-state index contributed by atoms with van der Waals surface area (Å²) in [7, 11) is 0. The van der Waals surface area contributed by atoms with Crippen LogP contribution in [-0.4, -0.2) is 28.4 Å². The molecule has 1 aliphatic carbocycles. The first kappa shape index (κ1) is 23.5. The van der Waals surface area contributed by atoms with E-state index in [4.69, 9.17) is 9.26 Å². The summed E-state index contributed by atoms with van der Waals surface area (Å²) < 4.78 is 11.0. The van der Waals surface area contributed by atoms with Crippen molar-refractivity contribution in [3.8, 4) is 11.3 Å². The lowest BCUT2D eigenvalue weighted by atomic mass is 10.1. The molecule has 0 aliphatic heterocycles. The van der Waals surface area contributed by atoms with Crippen LogP contribution in [0, 0.1) is 12.8 Å². The van der Waals surface area contributed by atoms with E-state index in [1.54, 1.807) is 6.92 Å². The normalized spacial score (nSPS) is 14.9. The van der Waals surface area contributed by atoms with Crippen molar-refractivity contribution in [1.29, 1.82) is 0 Å². The summed E-state index contributed by atoms with van der Waals surface area (Å²) in [5.41, 5.74) is 3.57. The van der Waals surface area contributed by atoms with E-state index in [9.17, 15) is 14.7 Å². The van der Waals surface area contributed by atoms with Crippen LogP contribution in [0.3, 0.4) is 0 Å². The number of carboxylic acids is 1. The third-order valence-corrected chi connectivity index (χ3v) is 5.98. The van der Waals surface area contributed by atoms with E-state index < -0.39 is 24.2 Å². The molecule has 0 radical (unpaired) electrons. The van der Waals surface area contributed by atoms with E-state index in [0.29, 0.717) is 36.0 Å². The van der Waals surface area contributed by atoms with E-state index in [0.717, 1.165) is 29.5 Å². The molecule has 34 heavy (non-hydrogen) atoms. The number of ether oxygens (including phenoxy) is 1. The molecule has 4 rings (SSSR count). The fraction of sp³-hybridized carbons (Fsp3) is 0.346. The molecule has 1 unspecified atom stereocenters. The zero-order valence-corrected chi connectivity index (χ0v) is 19.3. The minimum Gasteiger partial charge on any atom is -0.480 e. The molecular weight excluding hydrogens is 434 g/mol. The zero-order chi connectivity index (χ0) is 24.1. The van der Waals surface area contributed by atoms with Crippen molar-refractivity contribution in [3.63, 3.8) is 0 Å². The lowest BCUT2D eigenvalue weighted by Crippen LogP contribution is -2.36. The average Bonchev–Trinajstić information content (AvgIpc) is 3.59. The van der Waals surface area contributed by atoms with Crippen molar-refractivity contribution < 1.29 is 24.0 Å². The number of carbonyl (C=O) groups excluding carboxylic acids is 1. The third kappa shape index (κ3) is 6.02. The number of nitrogens with one attached hydrogen (secondary N) is 2. The first-order valence-electron chi connectivity index (χ1n) is 11.4. The molecule has 0 bridgehead atoms. The van der Waals surface area contributed by atoms with Gasteiger partial charge in [-0.3, -0.25) is 10.1 Å². The highest BCUT2D eigenvalue weighted by molar-refractivity contribution is 5.90. The Morgan fingerprint density at radius 2 is 1.85 bits per heavy atom. The topological polar surface area (TPSA) is 114 Å². The Labute approximate surface area is 198 Å². The fourth-order valence-corrected chi connectivity index (χ4v) is 3.77. The molecule has 1 saturated carbocycles. The van der Waals surface area contributed by atoms with Crippen molar-refractivity contribution >= 4 is 17.7 Å². The average molecular weight is 464 g/mol. The Bertz CT molecular complexity index is 1120. The Morgan fingerprint density at radius 3 is 2.50 bits per heavy atom. The number of aryl methyl sites for hydroxylation is 1. The maximum atomic E-state index is 12.5. The smallest absolute Gasteiger partial charge is 0.412 e. The van der Waals surface area contributed by atoms with Gasteiger partial charge >= 0.3 is 12.1 Å². The third-order valence-electron chi connectivity index (χ3n) is 5.98. The van der Waals surface area contributed by atoms with Gasteiger partial charge in [0.25, 0.3) is 0 Å². The van der Waals surface area contributed by atoms with Gasteiger partial charge in [-0.05, 0) is 37.3 Å². The molecule has 0 saturated heterocycles. The lowest BCUT2D eigenvalue weighted by molar-refractivity contribution is -0.139. The first-order valence-corrected chi connectivity index (χ1v) is 11.4. The summed E-state index contributed by atoms with van der Waals surface area (Å²) >= 11 is 0. The second-order valence-electron chi connectivity index (χ2n) is 8.70. The van der Waals surface area contributed by atoms with E-state index in [1.165, 1.54) is 0 Å². The number of benzene rings is 2. The van der Waals surface area contributed by atoms with Gasteiger partial charge in [0.15, 0.2) is 5.76 Å². The molecule has 0 spiro atoms. The SMILES string of the molecule is Cc1noc(-c2ccc(CNC(CC3CC3)C(=O)O)cc2)c1NC(=O)O[C@H](C)c1ccccc1. The van der Waals surface area contributed by atoms with E-state index >= 15 is 0 Å². The van der Waals surface area contributed by atoms with Crippen molar-refractivity contribution in [2.45, 2.75) is 51.8 Å². The summed E-state index contributed by atoms with van der Waals surface area (Å²) in [6.45, 7) is 4.00. The number of hydrogen-bond acceptors (Lipinski definition) is 6. The van der Waals surface area contributed by atoms with Crippen molar-refractivity contribution in [1.82, 2.24) is 10.5 Å². The van der Waals surface area contributed by atoms with Crippen LogP contribution in [0.4, 0.5) is 10.5 Å². The minimum atomic E-state index is -0.815. The summed E-state index contributed by atoms with van der Waals surface area (Å²) in [6, 6.07) is 16.5. The maximum absolute atomic E-state index is 12.5. The molecule has 2 aromatic carbocycles. The predicted octanol–water partition coefficient (Wildman–Crippen LogP) is 5.30. The molecule has 1 fully saturated rings. The van der Waals surface area contributed by atoms with Crippen LogP contribution in [0.25, 0.3) is 11.3 Å². The van der Waals surface area contributed by atoms with Crippen molar-refractivity contribution in [2.75, 3.05) is 5.32 Å². The highest BCUT2D eigenvalue weighted by atomic mass is 16.6. The summed E-state index contributed by atoms with van der Waals surface area (Å²) in [5, 5.41) is 19.3. The quantitative estimate of drug-likeness (QED) is 0.374. The van der Waals surface area contributed by atoms with Gasteiger partial charge in [0.1, 0.15) is 23.5 Å². The van der Waals surface area contributed by atoms with E-state index in [-0.39, 0.29) is 0 Å². The van der Waals surface area contributed by atoms with Gasteiger partial charge in [0.2, 0.25) is 0 Å². The van der Waals surface area contributed by atoms with E-state index in [1.807, 2.05) is 61.5 Å². The number of rotatable bonds is 10. The largest absolute Gasteiger partial charge is 0.480 e. The van der Waals surface area contributed by atoms with Crippen LogP contribution in [0.15, 0.2) is 59.1 Å². The number of aromatic nitrogens is 1. The second-order valence-corrected chi connectivity index (χ2v) is 8.70. The zero-order valence-electron chi connectivity index (χ0n) is 19.3.